The van der Waals surface area contributed by atoms with Gasteiger partial charge in [-0.1, -0.05) is 19.8 Å². The monoisotopic (exact) mass is 262 g/mol. The molecule has 0 aromatic heterocycles. The molecule has 0 saturated carbocycles. The molecule has 0 unspecified atom stereocenters. The van der Waals surface area contributed by atoms with E-state index in [2.05, 4.69) is 10.7 Å². The normalized spacial score (nSPS) is 10.9. The second-order valence-corrected chi connectivity index (χ2v) is 5.35. The quantitative estimate of drug-likeness (QED) is 0.362. The van der Waals surface area contributed by atoms with Gasteiger partial charge in [-0.2, -0.15) is 0 Å². The Hall–Kier alpha value is -0.820. The highest BCUT2D eigenvalue weighted by Crippen LogP contribution is 2.48. The van der Waals surface area contributed by atoms with Crippen LogP contribution in [0, 0.1) is 12.3 Å². The predicted molar refractivity (Wildman–Crippen MR) is 64.8 cm³/mol. The number of terminal acetylenes is 1. The Balaban J connectivity index is 4.31. The number of hydrogen-bond acceptors (Lipinski definition) is 5. The van der Waals surface area contributed by atoms with Crippen molar-refractivity contribution in [3.63, 3.8) is 0 Å². The third-order valence-electron chi connectivity index (χ3n) is 1.62. The number of carbonyl (C=O) groups is 1. The van der Waals surface area contributed by atoms with E-state index < -0.39 is 19.7 Å². The molecule has 0 N–H and O–H groups in total. The number of rotatable bonds is 9. The van der Waals surface area contributed by atoms with Crippen molar-refractivity contribution in [2.45, 2.75) is 26.7 Å². The lowest BCUT2D eigenvalue weighted by Crippen LogP contribution is -2.14. The molecule has 98 valence electrons. The van der Waals surface area contributed by atoms with E-state index in [-0.39, 0.29) is 19.8 Å². The Kier molecular flexibility index (Phi) is 8.79. The lowest BCUT2D eigenvalue weighted by atomic mass is 10.5. The lowest BCUT2D eigenvalue weighted by Gasteiger charge is -2.16. The third kappa shape index (κ3) is 7.98. The molecule has 0 saturated heterocycles. The van der Waals surface area contributed by atoms with Crippen LogP contribution in [0.3, 0.4) is 0 Å². The van der Waals surface area contributed by atoms with E-state index in [4.69, 9.17) is 15.5 Å². The van der Waals surface area contributed by atoms with Gasteiger partial charge >= 0.3 is 13.6 Å². The highest BCUT2D eigenvalue weighted by Gasteiger charge is 2.28. The average molecular weight is 262 g/mol. The minimum Gasteiger partial charge on any atom is -0.452 e. The number of ether oxygens (including phenoxy) is 1. The van der Waals surface area contributed by atoms with Crippen molar-refractivity contribution in [2.24, 2.45) is 0 Å². The van der Waals surface area contributed by atoms with Gasteiger partial charge in [0.2, 0.25) is 0 Å². The minimum atomic E-state index is -3.39. The summed E-state index contributed by atoms with van der Waals surface area (Å²) in [6.07, 6.45) is 5.93. The van der Waals surface area contributed by atoms with E-state index in [9.17, 15) is 9.36 Å². The lowest BCUT2D eigenvalue weighted by molar-refractivity contribution is -0.139. The van der Waals surface area contributed by atoms with Crippen LogP contribution in [-0.2, 0) is 23.1 Å². The molecule has 6 heteroatoms. The maximum Gasteiger partial charge on any atom is 0.341 e. The standard InChI is InChI=1S/C11H19O5P/c1-4-7-14-11(12)10-17(13,15-8-5-2)16-9-6-3/h1H,5-10H2,2-3H3. The molecule has 0 aliphatic heterocycles. The first-order chi connectivity index (χ1) is 8.08. The van der Waals surface area contributed by atoms with E-state index in [1.807, 2.05) is 13.8 Å². The van der Waals surface area contributed by atoms with Crippen molar-refractivity contribution < 1.29 is 23.1 Å². The molecule has 0 rings (SSSR count). The zero-order valence-electron chi connectivity index (χ0n) is 10.3. The van der Waals surface area contributed by atoms with Crippen LogP contribution in [0.5, 0.6) is 0 Å². The van der Waals surface area contributed by atoms with Crippen molar-refractivity contribution in [3.8, 4) is 12.3 Å². The molecule has 0 bridgehead atoms. The molecule has 0 aromatic rings. The van der Waals surface area contributed by atoms with Crippen LogP contribution in [-0.4, -0.2) is 32.0 Å². The van der Waals surface area contributed by atoms with E-state index in [0.29, 0.717) is 12.8 Å². The molecule has 0 aliphatic carbocycles. The molecule has 17 heavy (non-hydrogen) atoms. The van der Waals surface area contributed by atoms with Crippen LogP contribution >= 0.6 is 7.60 Å². The fourth-order valence-electron chi connectivity index (χ4n) is 0.915. The highest BCUT2D eigenvalue weighted by molar-refractivity contribution is 7.54. The van der Waals surface area contributed by atoms with Gasteiger partial charge in [0.25, 0.3) is 0 Å². The Bertz CT molecular complexity index is 295. The number of esters is 1. The summed E-state index contributed by atoms with van der Waals surface area (Å²) in [6, 6.07) is 0. The summed E-state index contributed by atoms with van der Waals surface area (Å²) < 4.78 is 27.0. The molecular formula is C11H19O5P. The van der Waals surface area contributed by atoms with Crippen molar-refractivity contribution in [2.75, 3.05) is 26.0 Å². The molecule has 0 fully saturated rings. The summed E-state index contributed by atoms with van der Waals surface area (Å²) in [4.78, 5) is 11.3. The summed E-state index contributed by atoms with van der Waals surface area (Å²) in [7, 11) is -3.39. The Morgan fingerprint density at radius 2 is 1.76 bits per heavy atom. The maximum atomic E-state index is 12.1. The first-order valence-electron chi connectivity index (χ1n) is 5.55. The van der Waals surface area contributed by atoms with Gasteiger partial charge in [0.15, 0.2) is 6.61 Å². The van der Waals surface area contributed by atoms with E-state index in [0.717, 1.165) is 0 Å². The maximum absolute atomic E-state index is 12.1. The topological polar surface area (TPSA) is 61.8 Å². The summed E-state index contributed by atoms with van der Waals surface area (Å²) >= 11 is 0. The van der Waals surface area contributed by atoms with Crippen LogP contribution in [0.4, 0.5) is 0 Å². The van der Waals surface area contributed by atoms with Crippen LogP contribution in [0.2, 0.25) is 0 Å². The van der Waals surface area contributed by atoms with Gasteiger partial charge < -0.3 is 13.8 Å². The zero-order valence-corrected chi connectivity index (χ0v) is 11.2. The van der Waals surface area contributed by atoms with Crippen molar-refractivity contribution in [1.82, 2.24) is 0 Å². The van der Waals surface area contributed by atoms with Crippen LogP contribution in [0.15, 0.2) is 0 Å². The van der Waals surface area contributed by atoms with Gasteiger partial charge in [-0.15, -0.1) is 6.42 Å². The molecule has 0 aromatic carbocycles. The van der Waals surface area contributed by atoms with Gasteiger partial charge in [0, 0.05) is 0 Å². The van der Waals surface area contributed by atoms with Gasteiger partial charge in [0.1, 0.15) is 6.16 Å². The van der Waals surface area contributed by atoms with E-state index in [1.165, 1.54) is 0 Å². The molecule has 0 atom stereocenters. The summed E-state index contributed by atoms with van der Waals surface area (Å²) in [6.45, 7) is 4.18. The second-order valence-electron chi connectivity index (χ2n) is 3.30. The Morgan fingerprint density at radius 3 is 2.18 bits per heavy atom. The van der Waals surface area contributed by atoms with Gasteiger partial charge in [0.05, 0.1) is 13.2 Å². The van der Waals surface area contributed by atoms with Crippen molar-refractivity contribution >= 4 is 13.6 Å². The van der Waals surface area contributed by atoms with Gasteiger partial charge in [-0.05, 0) is 12.8 Å². The third-order valence-corrected chi connectivity index (χ3v) is 3.42. The molecular weight excluding hydrogens is 243 g/mol. The van der Waals surface area contributed by atoms with Crippen LogP contribution < -0.4 is 0 Å². The number of hydrogen-bond donors (Lipinski definition) is 0. The Morgan fingerprint density at radius 1 is 1.24 bits per heavy atom. The Labute approximate surface area is 102 Å². The summed E-state index contributed by atoms with van der Waals surface area (Å²) in [5.74, 6) is 1.49. The largest absolute Gasteiger partial charge is 0.452 e. The predicted octanol–water partition coefficient (Wildman–Crippen LogP) is 2.21. The summed E-state index contributed by atoms with van der Waals surface area (Å²) in [5.41, 5.74) is 0. The molecule has 0 aliphatic rings. The van der Waals surface area contributed by atoms with Gasteiger partial charge in [-0.25, -0.2) is 0 Å². The highest BCUT2D eigenvalue weighted by atomic mass is 31.2. The van der Waals surface area contributed by atoms with Crippen LogP contribution in [0.1, 0.15) is 26.7 Å². The van der Waals surface area contributed by atoms with Crippen molar-refractivity contribution in [1.29, 1.82) is 0 Å². The SMILES string of the molecule is C#CCOC(=O)CP(=O)(OCCC)OCCC. The first kappa shape index (κ1) is 16.2. The molecule has 0 heterocycles. The first-order valence-corrected chi connectivity index (χ1v) is 7.28. The second kappa shape index (κ2) is 9.23. The fourth-order valence-corrected chi connectivity index (χ4v) is 2.50. The number of carbonyl (C=O) groups excluding carboxylic acids is 1. The van der Waals surface area contributed by atoms with E-state index >= 15 is 0 Å². The molecule has 5 nitrogen and oxygen atoms in total. The fraction of sp³-hybridized carbons (Fsp3) is 0.727. The molecule has 0 radical (unpaired) electrons. The zero-order chi connectivity index (χ0) is 13.1. The average Bonchev–Trinajstić information content (AvgIpc) is 2.31. The summed E-state index contributed by atoms with van der Waals surface area (Å²) in [5, 5.41) is 0. The van der Waals surface area contributed by atoms with Crippen LogP contribution in [0.25, 0.3) is 0 Å². The minimum absolute atomic E-state index is 0.139. The molecule has 0 amide bonds. The van der Waals surface area contributed by atoms with E-state index in [1.54, 1.807) is 0 Å². The van der Waals surface area contributed by atoms with Gasteiger partial charge in [-0.3, -0.25) is 9.36 Å². The smallest absolute Gasteiger partial charge is 0.341 e. The van der Waals surface area contributed by atoms with Crippen molar-refractivity contribution in [3.05, 3.63) is 0 Å². The molecule has 0 spiro atoms.